The van der Waals surface area contributed by atoms with Crippen LogP contribution >= 0.6 is 11.8 Å². The lowest BCUT2D eigenvalue weighted by Crippen LogP contribution is -2.23. The number of nitrogens with one attached hydrogen (secondary N) is 1. The minimum atomic E-state index is -2.90. The van der Waals surface area contributed by atoms with Crippen molar-refractivity contribution in [3.63, 3.8) is 0 Å². The normalized spacial score (nSPS) is 12.6. The number of nitrogen functional groups attached to an aromatic ring is 1. The summed E-state index contributed by atoms with van der Waals surface area (Å²) < 4.78 is 30.2. The summed E-state index contributed by atoms with van der Waals surface area (Å²) in [5.41, 5.74) is 2.49. The molecule has 1 unspecified atom stereocenters. The predicted molar refractivity (Wildman–Crippen MR) is 121 cm³/mol. The molecule has 7 nitrogen and oxygen atoms in total. The van der Waals surface area contributed by atoms with Crippen molar-refractivity contribution in [1.82, 2.24) is 14.9 Å². The summed E-state index contributed by atoms with van der Waals surface area (Å²) >= 11 is 1.16. The van der Waals surface area contributed by atoms with Gasteiger partial charge in [0.1, 0.15) is 5.75 Å². The summed E-state index contributed by atoms with van der Waals surface area (Å²) in [4.78, 5) is 12.6. The van der Waals surface area contributed by atoms with Crippen molar-refractivity contribution in [2.75, 3.05) is 11.2 Å². The van der Waals surface area contributed by atoms with Crippen LogP contribution in [-0.4, -0.2) is 32.6 Å². The Balaban J connectivity index is 1.64. The third-order valence-corrected chi connectivity index (χ3v) is 5.73. The molecule has 1 atom stereocenters. The van der Waals surface area contributed by atoms with Gasteiger partial charge in [0.25, 0.3) is 0 Å². The van der Waals surface area contributed by atoms with Gasteiger partial charge in [0.05, 0.1) is 5.25 Å². The number of anilines is 1. The Morgan fingerprint density at radius 3 is 2.28 bits per heavy atom. The number of carbonyl (C=O) groups excluding carboxylic acids is 1. The lowest BCUT2D eigenvalue weighted by Gasteiger charge is -2.19. The maximum atomic E-state index is 12.6. The van der Waals surface area contributed by atoms with E-state index in [2.05, 4.69) is 41.0 Å². The summed E-state index contributed by atoms with van der Waals surface area (Å²) in [6.45, 7) is 5.23. The van der Waals surface area contributed by atoms with Crippen molar-refractivity contribution in [3.8, 4) is 17.1 Å². The Hall–Kier alpha value is -3.14. The fraction of sp³-hybridized carbons (Fsp3) is 0.318. The van der Waals surface area contributed by atoms with Crippen LogP contribution in [0.5, 0.6) is 5.75 Å². The van der Waals surface area contributed by atoms with Gasteiger partial charge in [0.2, 0.25) is 11.1 Å². The minimum Gasteiger partial charge on any atom is -0.435 e. The lowest BCUT2D eigenvalue weighted by atomic mass is 9.87. The number of alkyl halides is 2. The third kappa shape index (κ3) is 5.76. The predicted octanol–water partition coefficient (Wildman–Crippen LogP) is 4.68. The van der Waals surface area contributed by atoms with Crippen molar-refractivity contribution in [1.29, 1.82) is 0 Å². The molecule has 32 heavy (non-hydrogen) atoms. The van der Waals surface area contributed by atoms with Crippen LogP contribution in [-0.2, 0) is 10.2 Å². The standard InChI is InChI=1S/C22H25F2N5O2S/c1-13(19(30)26-16-9-7-15(8-10-16)22(2,3)4)32-21-28-27-18(29(21)25)14-5-11-17(12-6-14)31-20(23)24/h5-13,20H,25H2,1-4H3,(H,26,30). The molecule has 0 saturated heterocycles. The topological polar surface area (TPSA) is 95.1 Å². The monoisotopic (exact) mass is 461 g/mol. The van der Waals surface area contributed by atoms with Gasteiger partial charge in [-0.2, -0.15) is 8.78 Å². The van der Waals surface area contributed by atoms with Gasteiger partial charge in [-0.05, 0) is 54.3 Å². The van der Waals surface area contributed by atoms with Crippen LogP contribution in [0.25, 0.3) is 11.4 Å². The number of hydrogen-bond donors (Lipinski definition) is 2. The number of aromatic nitrogens is 3. The van der Waals surface area contributed by atoms with Crippen LogP contribution in [0.1, 0.15) is 33.3 Å². The number of nitrogens with zero attached hydrogens (tertiary/aromatic N) is 3. The number of benzene rings is 2. The Morgan fingerprint density at radius 2 is 1.72 bits per heavy atom. The number of carbonyl (C=O) groups is 1. The van der Waals surface area contributed by atoms with Gasteiger partial charge >= 0.3 is 6.61 Å². The van der Waals surface area contributed by atoms with Gasteiger partial charge < -0.3 is 15.9 Å². The molecular formula is C22H25F2N5O2S. The number of halogens is 2. The van der Waals surface area contributed by atoms with Crippen LogP contribution in [0.3, 0.4) is 0 Å². The number of amides is 1. The first-order chi connectivity index (χ1) is 15.0. The van der Waals surface area contributed by atoms with Gasteiger partial charge in [-0.1, -0.05) is 44.7 Å². The molecule has 0 spiro atoms. The molecule has 3 N–H and O–H groups in total. The SMILES string of the molecule is CC(Sc1nnc(-c2ccc(OC(F)F)cc2)n1N)C(=O)Nc1ccc(C(C)(C)C)cc1. The lowest BCUT2D eigenvalue weighted by molar-refractivity contribution is -0.115. The van der Waals surface area contributed by atoms with Crippen molar-refractivity contribution >= 4 is 23.4 Å². The number of thioether (sulfide) groups is 1. The van der Waals surface area contributed by atoms with Crippen LogP contribution in [0.15, 0.2) is 53.7 Å². The van der Waals surface area contributed by atoms with Crippen molar-refractivity contribution in [2.24, 2.45) is 0 Å². The van der Waals surface area contributed by atoms with Gasteiger partial charge in [-0.25, -0.2) is 4.68 Å². The molecule has 0 aliphatic carbocycles. The molecule has 2 aromatic carbocycles. The van der Waals surface area contributed by atoms with Crippen LogP contribution in [0.2, 0.25) is 0 Å². The molecule has 3 aromatic rings. The molecule has 0 aliphatic rings. The van der Waals surface area contributed by atoms with E-state index in [4.69, 9.17) is 5.84 Å². The highest BCUT2D eigenvalue weighted by Gasteiger charge is 2.21. The Morgan fingerprint density at radius 1 is 1.09 bits per heavy atom. The molecule has 0 saturated carbocycles. The molecule has 10 heteroatoms. The summed E-state index contributed by atoms with van der Waals surface area (Å²) in [5, 5.41) is 10.8. The minimum absolute atomic E-state index is 0.0299. The Labute approximate surface area is 189 Å². The first-order valence-corrected chi connectivity index (χ1v) is 10.8. The van der Waals surface area contributed by atoms with E-state index < -0.39 is 11.9 Å². The second-order valence-corrected chi connectivity index (χ2v) is 9.46. The zero-order chi connectivity index (χ0) is 23.5. The molecule has 0 aliphatic heterocycles. The van der Waals surface area contributed by atoms with Gasteiger partial charge in [0.15, 0.2) is 5.82 Å². The molecule has 170 valence electrons. The summed E-state index contributed by atoms with van der Waals surface area (Å²) in [7, 11) is 0. The fourth-order valence-corrected chi connectivity index (χ4v) is 3.62. The van der Waals surface area contributed by atoms with E-state index in [0.717, 1.165) is 11.8 Å². The first-order valence-electron chi connectivity index (χ1n) is 9.88. The molecule has 3 rings (SSSR count). The van der Waals surface area contributed by atoms with Crippen molar-refractivity contribution in [2.45, 2.75) is 50.1 Å². The Bertz CT molecular complexity index is 1060. The van der Waals surface area contributed by atoms with E-state index in [0.29, 0.717) is 22.2 Å². The van der Waals surface area contributed by atoms with Crippen LogP contribution < -0.4 is 15.9 Å². The smallest absolute Gasteiger partial charge is 0.387 e. The van der Waals surface area contributed by atoms with Crippen molar-refractivity contribution in [3.05, 3.63) is 54.1 Å². The molecule has 0 radical (unpaired) electrons. The first kappa shape index (κ1) is 23.5. The van der Waals surface area contributed by atoms with E-state index in [1.54, 1.807) is 19.1 Å². The van der Waals surface area contributed by atoms with Crippen LogP contribution in [0.4, 0.5) is 14.5 Å². The highest BCUT2D eigenvalue weighted by Crippen LogP contribution is 2.27. The quantitative estimate of drug-likeness (QED) is 0.392. The van der Waals surface area contributed by atoms with E-state index in [1.807, 2.05) is 24.3 Å². The maximum Gasteiger partial charge on any atom is 0.387 e. The Kier molecular flexibility index (Phi) is 7.02. The summed E-state index contributed by atoms with van der Waals surface area (Å²) in [6, 6.07) is 13.6. The van der Waals surface area contributed by atoms with Crippen molar-refractivity contribution < 1.29 is 18.3 Å². The highest BCUT2D eigenvalue weighted by molar-refractivity contribution is 8.00. The summed E-state index contributed by atoms with van der Waals surface area (Å²) in [5.74, 6) is 6.27. The van der Waals surface area contributed by atoms with Gasteiger partial charge in [-0.15, -0.1) is 10.2 Å². The molecule has 0 fully saturated rings. The zero-order valence-electron chi connectivity index (χ0n) is 18.2. The highest BCUT2D eigenvalue weighted by atomic mass is 32.2. The molecule has 0 bridgehead atoms. The third-order valence-electron chi connectivity index (χ3n) is 4.67. The average Bonchev–Trinajstić information content (AvgIpc) is 3.08. The van der Waals surface area contributed by atoms with E-state index >= 15 is 0 Å². The zero-order valence-corrected chi connectivity index (χ0v) is 19.0. The molecule has 1 aromatic heterocycles. The molecular weight excluding hydrogens is 436 g/mol. The largest absolute Gasteiger partial charge is 0.435 e. The number of nitrogens with two attached hydrogens (primary N) is 1. The van der Waals surface area contributed by atoms with Crippen LogP contribution in [0, 0.1) is 0 Å². The summed E-state index contributed by atoms with van der Waals surface area (Å²) in [6.07, 6.45) is 0. The van der Waals surface area contributed by atoms with E-state index in [-0.39, 0.29) is 17.1 Å². The number of hydrogen-bond acceptors (Lipinski definition) is 6. The van der Waals surface area contributed by atoms with E-state index in [1.165, 1.54) is 22.4 Å². The molecule has 1 heterocycles. The van der Waals surface area contributed by atoms with Gasteiger partial charge in [-0.3, -0.25) is 4.79 Å². The maximum absolute atomic E-state index is 12.6. The number of ether oxygens (including phenoxy) is 1. The average molecular weight is 462 g/mol. The fourth-order valence-electron chi connectivity index (χ4n) is 2.85. The second kappa shape index (κ2) is 9.56. The molecule has 1 amide bonds. The number of rotatable bonds is 7. The second-order valence-electron chi connectivity index (χ2n) is 8.16. The van der Waals surface area contributed by atoms with E-state index in [9.17, 15) is 13.6 Å². The van der Waals surface area contributed by atoms with Gasteiger partial charge in [0, 0.05) is 11.3 Å².